The number of nitrogens with zero attached hydrogens (tertiary/aromatic N) is 3. The van der Waals surface area contributed by atoms with Crippen molar-refractivity contribution in [2.75, 3.05) is 5.75 Å². The molecule has 0 atom stereocenters. The number of fused-ring (bicyclic) bond motifs is 1. The Morgan fingerprint density at radius 1 is 1.19 bits per heavy atom. The van der Waals surface area contributed by atoms with Crippen LogP contribution >= 0.6 is 11.8 Å². The Balaban J connectivity index is 1.43. The predicted molar refractivity (Wildman–Crippen MR) is 110 cm³/mol. The molecular formula is C22H29N3OS. The van der Waals surface area contributed by atoms with E-state index >= 15 is 0 Å². The largest absolute Gasteiger partial charge is 0.334 e. The van der Waals surface area contributed by atoms with E-state index in [4.69, 9.17) is 5.10 Å². The number of benzene rings is 1. The first-order chi connectivity index (χ1) is 13.2. The van der Waals surface area contributed by atoms with Crippen LogP contribution in [0, 0.1) is 0 Å². The van der Waals surface area contributed by atoms with Crippen LogP contribution in [-0.2, 0) is 31.2 Å². The second kappa shape index (κ2) is 8.51. The normalized spacial score (nSPS) is 16.6. The molecule has 0 bridgehead atoms. The van der Waals surface area contributed by atoms with Gasteiger partial charge in [-0.2, -0.15) is 5.10 Å². The van der Waals surface area contributed by atoms with Crippen LogP contribution in [0.25, 0.3) is 0 Å². The van der Waals surface area contributed by atoms with Crippen LogP contribution in [-0.4, -0.2) is 32.4 Å². The number of amides is 1. The van der Waals surface area contributed by atoms with E-state index in [1.807, 2.05) is 17.8 Å². The molecule has 4 nitrogen and oxygen atoms in total. The topological polar surface area (TPSA) is 38.1 Å². The maximum absolute atomic E-state index is 13.1. The van der Waals surface area contributed by atoms with Crippen molar-refractivity contribution in [3.05, 3.63) is 47.3 Å². The van der Waals surface area contributed by atoms with Crippen molar-refractivity contribution in [1.82, 2.24) is 14.7 Å². The standard InChI is InChI=1S/C22H29N3OS/c1-24-21-13-7-12-19(21)20(23-24)16-25(17-8-5-6-9-17)22(26)14-15-27-18-10-3-2-4-11-18/h2-4,10-11,17H,5-9,12-16H2,1H3. The van der Waals surface area contributed by atoms with Gasteiger partial charge < -0.3 is 4.90 Å². The van der Waals surface area contributed by atoms with E-state index in [0.717, 1.165) is 37.1 Å². The molecule has 0 N–H and O–H groups in total. The fourth-order valence-corrected chi connectivity index (χ4v) is 5.40. The zero-order valence-electron chi connectivity index (χ0n) is 16.2. The van der Waals surface area contributed by atoms with Gasteiger partial charge in [0.2, 0.25) is 5.91 Å². The number of carbonyl (C=O) groups excluding carboxylic acids is 1. The van der Waals surface area contributed by atoms with Crippen molar-refractivity contribution in [2.45, 2.75) is 68.8 Å². The lowest BCUT2D eigenvalue weighted by molar-refractivity contribution is -0.133. The number of aryl methyl sites for hydroxylation is 1. The summed E-state index contributed by atoms with van der Waals surface area (Å²) in [6.07, 6.45) is 8.85. The molecule has 1 heterocycles. The van der Waals surface area contributed by atoms with Crippen molar-refractivity contribution in [2.24, 2.45) is 7.05 Å². The smallest absolute Gasteiger partial charge is 0.224 e. The van der Waals surface area contributed by atoms with Crippen LogP contribution in [0.3, 0.4) is 0 Å². The maximum Gasteiger partial charge on any atom is 0.224 e. The van der Waals surface area contributed by atoms with Crippen LogP contribution < -0.4 is 0 Å². The van der Waals surface area contributed by atoms with E-state index in [-0.39, 0.29) is 0 Å². The fourth-order valence-electron chi connectivity index (χ4n) is 4.54. The molecule has 2 aliphatic carbocycles. The summed E-state index contributed by atoms with van der Waals surface area (Å²) in [6, 6.07) is 10.8. The molecule has 2 aliphatic rings. The SMILES string of the molecule is Cn1nc(CN(C(=O)CCSc2ccccc2)C2CCCC2)c2c1CCC2. The molecule has 0 radical (unpaired) electrons. The Morgan fingerprint density at radius 2 is 1.96 bits per heavy atom. The molecule has 1 amide bonds. The molecule has 1 aromatic carbocycles. The Labute approximate surface area is 166 Å². The summed E-state index contributed by atoms with van der Waals surface area (Å²) in [4.78, 5) is 16.5. The van der Waals surface area contributed by atoms with Gasteiger partial charge in [-0.25, -0.2) is 0 Å². The molecule has 144 valence electrons. The number of hydrogen-bond acceptors (Lipinski definition) is 3. The fraction of sp³-hybridized carbons (Fsp3) is 0.545. The minimum atomic E-state index is 0.294. The van der Waals surface area contributed by atoms with Crippen molar-refractivity contribution < 1.29 is 4.79 Å². The highest BCUT2D eigenvalue weighted by molar-refractivity contribution is 7.99. The van der Waals surface area contributed by atoms with Gasteiger partial charge in [0.1, 0.15) is 0 Å². The van der Waals surface area contributed by atoms with Gasteiger partial charge in [-0.05, 0) is 49.8 Å². The number of rotatable bonds is 7. The van der Waals surface area contributed by atoms with Gasteiger partial charge in [0.15, 0.2) is 0 Å². The molecule has 5 heteroatoms. The van der Waals surface area contributed by atoms with Crippen molar-refractivity contribution in [3.63, 3.8) is 0 Å². The number of hydrogen-bond donors (Lipinski definition) is 0. The second-order valence-corrected chi connectivity index (χ2v) is 8.89. The van der Waals surface area contributed by atoms with E-state index < -0.39 is 0 Å². The summed E-state index contributed by atoms with van der Waals surface area (Å²) >= 11 is 1.77. The van der Waals surface area contributed by atoms with Gasteiger partial charge in [-0.3, -0.25) is 9.48 Å². The predicted octanol–water partition coefficient (Wildman–Crippen LogP) is 4.36. The zero-order chi connectivity index (χ0) is 18.6. The first kappa shape index (κ1) is 18.6. The lowest BCUT2D eigenvalue weighted by Crippen LogP contribution is -2.38. The third-order valence-electron chi connectivity index (χ3n) is 5.93. The molecule has 0 unspecified atom stereocenters. The van der Waals surface area contributed by atoms with Crippen LogP contribution in [0.15, 0.2) is 35.2 Å². The van der Waals surface area contributed by atoms with Crippen LogP contribution in [0.2, 0.25) is 0 Å². The van der Waals surface area contributed by atoms with Gasteiger partial charge in [-0.15, -0.1) is 11.8 Å². The number of thioether (sulfide) groups is 1. The number of aromatic nitrogens is 2. The quantitative estimate of drug-likeness (QED) is 0.667. The summed E-state index contributed by atoms with van der Waals surface area (Å²) in [5.74, 6) is 1.13. The van der Waals surface area contributed by atoms with E-state index in [1.165, 1.54) is 35.4 Å². The molecule has 1 aromatic heterocycles. The van der Waals surface area contributed by atoms with E-state index in [9.17, 15) is 4.79 Å². The van der Waals surface area contributed by atoms with Crippen LogP contribution in [0.1, 0.15) is 55.5 Å². The summed E-state index contributed by atoms with van der Waals surface area (Å²) in [6.45, 7) is 0.697. The van der Waals surface area contributed by atoms with Crippen LogP contribution in [0.5, 0.6) is 0 Å². The van der Waals surface area contributed by atoms with Gasteiger partial charge in [0, 0.05) is 35.9 Å². The molecular weight excluding hydrogens is 354 g/mol. The highest BCUT2D eigenvalue weighted by Gasteiger charge is 2.29. The molecule has 2 aromatic rings. The lowest BCUT2D eigenvalue weighted by Gasteiger charge is -2.29. The zero-order valence-corrected chi connectivity index (χ0v) is 17.0. The van der Waals surface area contributed by atoms with Gasteiger partial charge >= 0.3 is 0 Å². The maximum atomic E-state index is 13.1. The highest BCUT2D eigenvalue weighted by Crippen LogP contribution is 2.30. The summed E-state index contributed by atoms with van der Waals surface area (Å²) in [5.41, 5.74) is 3.93. The van der Waals surface area contributed by atoms with Gasteiger partial charge in [-0.1, -0.05) is 31.0 Å². The van der Waals surface area contributed by atoms with Crippen LogP contribution in [0.4, 0.5) is 0 Å². The average Bonchev–Trinajstić information content (AvgIpc) is 3.41. The molecule has 27 heavy (non-hydrogen) atoms. The highest BCUT2D eigenvalue weighted by atomic mass is 32.2. The molecule has 1 saturated carbocycles. The summed E-state index contributed by atoms with van der Waals surface area (Å²) in [5, 5.41) is 4.77. The third kappa shape index (κ3) is 4.23. The van der Waals surface area contributed by atoms with E-state index in [1.54, 1.807) is 11.8 Å². The van der Waals surface area contributed by atoms with E-state index in [0.29, 0.717) is 24.9 Å². The Kier molecular flexibility index (Phi) is 5.86. The first-order valence-electron chi connectivity index (χ1n) is 10.2. The number of carbonyl (C=O) groups is 1. The summed E-state index contributed by atoms with van der Waals surface area (Å²) < 4.78 is 2.04. The van der Waals surface area contributed by atoms with Crippen molar-refractivity contribution in [3.8, 4) is 0 Å². The average molecular weight is 384 g/mol. The Hall–Kier alpha value is -1.75. The third-order valence-corrected chi connectivity index (χ3v) is 6.95. The molecule has 1 fully saturated rings. The molecule has 4 rings (SSSR count). The Bertz CT molecular complexity index is 780. The van der Waals surface area contributed by atoms with Crippen molar-refractivity contribution in [1.29, 1.82) is 0 Å². The molecule has 0 spiro atoms. The summed E-state index contributed by atoms with van der Waals surface area (Å²) in [7, 11) is 2.05. The molecule has 0 aliphatic heterocycles. The van der Waals surface area contributed by atoms with E-state index in [2.05, 4.69) is 29.2 Å². The first-order valence-corrected chi connectivity index (χ1v) is 11.2. The minimum Gasteiger partial charge on any atom is -0.334 e. The minimum absolute atomic E-state index is 0.294. The monoisotopic (exact) mass is 383 g/mol. The van der Waals surface area contributed by atoms with Crippen molar-refractivity contribution >= 4 is 17.7 Å². The lowest BCUT2D eigenvalue weighted by atomic mass is 10.1. The van der Waals surface area contributed by atoms with Gasteiger partial charge in [0.05, 0.1) is 12.2 Å². The van der Waals surface area contributed by atoms with Gasteiger partial charge in [0.25, 0.3) is 0 Å². The molecule has 0 saturated heterocycles. The Morgan fingerprint density at radius 3 is 2.74 bits per heavy atom. The second-order valence-electron chi connectivity index (χ2n) is 7.72.